The van der Waals surface area contributed by atoms with Gasteiger partial charge in [0.15, 0.2) is 0 Å². The first-order valence-electron chi connectivity index (χ1n) is 5.81. The van der Waals surface area contributed by atoms with Crippen molar-refractivity contribution in [1.29, 1.82) is 0 Å². The van der Waals surface area contributed by atoms with Crippen LogP contribution < -0.4 is 0 Å². The minimum absolute atomic E-state index is 0.349. The van der Waals surface area contributed by atoms with E-state index < -0.39 is 5.41 Å². The zero-order chi connectivity index (χ0) is 13.6. The number of hydrogen-bond donors (Lipinski definition) is 0. The minimum atomic E-state index is -0.481. The van der Waals surface area contributed by atoms with Crippen molar-refractivity contribution < 1.29 is 4.39 Å². The minimum Gasteiger partial charge on any atom is -0.260 e. The highest BCUT2D eigenvalue weighted by atomic mass is 35.5. The van der Waals surface area contributed by atoms with E-state index in [1.165, 1.54) is 12.1 Å². The normalized spacial score (nSPS) is 20.6. The number of rotatable bonds is 1. The molecule has 0 N–H and O–H groups in total. The topological polar surface area (TPSA) is 12.4 Å². The van der Waals surface area contributed by atoms with Crippen molar-refractivity contribution in [3.05, 3.63) is 63.4 Å². The van der Waals surface area contributed by atoms with Gasteiger partial charge in [-0.25, -0.2) is 4.39 Å². The van der Waals surface area contributed by atoms with E-state index in [1.807, 2.05) is 25.3 Å². The Morgan fingerprint density at radius 1 is 1.05 bits per heavy atom. The Labute approximate surface area is 120 Å². The van der Waals surface area contributed by atoms with Crippen molar-refractivity contribution in [2.45, 2.75) is 12.3 Å². The Morgan fingerprint density at radius 3 is 2.58 bits per heavy atom. The van der Waals surface area contributed by atoms with Gasteiger partial charge in [0.25, 0.3) is 0 Å². The van der Waals surface area contributed by atoms with Gasteiger partial charge < -0.3 is 0 Å². The van der Waals surface area contributed by atoms with E-state index in [2.05, 4.69) is 4.99 Å². The molecule has 0 aliphatic carbocycles. The summed E-state index contributed by atoms with van der Waals surface area (Å²) in [6.07, 6.45) is 1.83. The van der Waals surface area contributed by atoms with Crippen molar-refractivity contribution in [2.24, 2.45) is 4.99 Å². The van der Waals surface area contributed by atoms with Gasteiger partial charge in [0.05, 0.1) is 11.1 Å². The van der Waals surface area contributed by atoms with Gasteiger partial charge in [-0.1, -0.05) is 29.3 Å². The molecule has 2 aromatic rings. The third kappa shape index (κ3) is 1.96. The standard InChI is InChI=1S/C15H10Cl2FN/c1-15(11-4-3-10(18)7-13(11)17)8-19-14-5-2-9(16)6-12(14)15/h2-8H,1H3. The maximum absolute atomic E-state index is 13.2. The third-order valence-electron chi connectivity index (χ3n) is 3.47. The molecule has 2 aromatic carbocycles. The molecule has 0 fully saturated rings. The molecule has 0 radical (unpaired) electrons. The molecule has 0 aromatic heterocycles. The zero-order valence-corrected chi connectivity index (χ0v) is 11.6. The zero-order valence-electron chi connectivity index (χ0n) is 10.1. The first-order valence-corrected chi connectivity index (χ1v) is 6.57. The van der Waals surface area contributed by atoms with E-state index in [0.29, 0.717) is 10.0 Å². The van der Waals surface area contributed by atoms with Crippen molar-refractivity contribution in [2.75, 3.05) is 0 Å². The van der Waals surface area contributed by atoms with Gasteiger partial charge in [-0.15, -0.1) is 0 Å². The fourth-order valence-corrected chi connectivity index (χ4v) is 2.97. The second-order valence-corrected chi connectivity index (χ2v) is 5.59. The van der Waals surface area contributed by atoms with Crippen molar-refractivity contribution in [3.63, 3.8) is 0 Å². The first-order chi connectivity index (χ1) is 9.00. The lowest BCUT2D eigenvalue weighted by Crippen LogP contribution is -2.23. The number of fused-ring (bicyclic) bond motifs is 1. The van der Waals surface area contributed by atoms with Crippen LogP contribution in [0, 0.1) is 5.82 Å². The van der Waals surface area contributed by atoms with Crippen LogP contribution in [0.5, 0.6) is 0 Å². The summed E-state index contributed by atoms with van der Waals surface area (Å²) in [4.78, 5) is 4.40. The summed E-state index contributed by atoms with van der Waals surface area (Å²) in [5.41, 5.74) is 2.19. The molecule has 1 atom stereocenters. The lowest BCUT2D eigenvalue weighted by molar-refractivity contribution is 0.625. The molecule has 0 saturated carbocycles. The van der Waals surface area contributed by atoms with E-state index in [4.69, 9.17) is 23.2 Å². The maximum Gasteiger partial charge on any atom is 0.124 e. The molecule has 3 rings (SSSR count). The summed E-state index contributed by atoms with van der Waals surface area (Å²) < 4.78 is 13.2. The highest BCUT2D eigenvalue weighted by Crippen LogP contribution is 2.44. The van der Waals surface area contributed by atoms with Gasteiger partial charge in [0.1, 0.15) is 5.82 Å². The van der Waals surface area contributed by atoms with E-state index in [0.717, 1.165) is 16.8 Å². The molecule has 1 heterocycles. The first kappa shape index (κ1) is 12.6. The Kier molecular flexibility index (Phi) is 2.88. The van der Waals surface area contributed by atoms with Gasteiger partial charge in [-0.2, -0.15) is 0 Å². The predicted molar refractivity (Wildman–Crippen MR) is 77.5 cm³/mol. The summed E-state index contributed by atoms with van der Waals surface area (Å²) in [6, 6.07) is 9.97. The van der Waals surface area contributed by atoms with Crippen LogP contribution >= 0.6 is 23.2 Å². The smallest absolute Gasteiger partial charge is 0.124 e. The van der Waals surface area contributed by atoms with Crippen molar-refractivity contribution in [3.8, 4) is 0 Å². The van der Waals surface area contributed by atoms with E-state index >= 15 is 0 Å². The Morgan fingerprint density at radius 2 is 1.84 bits per heavy atom. The van der Waals surface area contributed by atoms with Crippen LogP contribution in [0.4, 0.5) is 10.1 Å². The molecule has 0 amide bonds. The molecule has 19 heavy (non-hydrogen) atoms. The lowest BCUT2D eigenvalue weighted by atomic mass is 9.78. The van der Waals surface area contributed by atoms with Gasteiger partial charge in [-0.05, 0) is 48.4 Å². The average Bonchev–Trinajstić information content (AvgIpc) is 2.68. The molecule has 1 unspecified atom stereocenters. The van der Waals surface area contributed by atoms with E-state index in [-0.39, 0.29) is 5.82 Å². The van der Waals surface area contributed by atoms with Crippen LogP contribution in [0.2, 0.25) is 10.0 Å². The molecule has 0 saturated heterocycles. The van der Waals surface area contributed by atoms with E-state index in [1.54, 1.807) is 12.1 Å². The van der Waals surface area contributed by atoms with Crippen LogP contribution in [-0.4, -0.2) is 6.21 Å². The highest BCUT2D eigenvalue weighted by Gasteiger charge is 2.35. The van der Waals surface area contributed by atoms with Crippen molar-refractivity contribution in [1.82, 2.24) is 0 Å². The summed E-state index contributed by atoms with van der Waals surface area (Å²) in [6.45, 7) is 2.00. The molecule has 1 aliphatic heterocycles. The number of hydrogen-bond acceptors (Lipinski definition) is 1. The quantitative estimate of drug-likeness (QED) is 0.689. The molecule has 4 heteroatoms. The van der Waals surface area contributed by atoms with Crippen LogP contribution in [0.1, 0.15) is 18.1 Å². The second-order valence-electron chi connectivity index (χ2n) is 4.75. The van der Waals surface area contributed by atoms with Crippen LogP contribution in [0.25, 0.3) is 0 Å². The second kappa shape index (κ2) is 4.32. The maximum atomic E-state index is 13.2. The summed E-state index contributed by atoms with van der Waals surface area (Å²) in [5.74, 6) is -0.349. The Balaban J connectivity index is 2.21. The molecule has 0 spiro atoms. The van der Waals surface area contributed by atoms with Crippen LogP contribution in [0.3, 0.4) is 0 Å². The number of benzene rings is 2. The molecular weight excluding hydrogens is 284 g/mol. The lowest BCUT2D eigenvalue weighted by Gasteiger charge is -2.24. The SMILES string of the molecule is CC1(c2ccc(F)cc2Cl)C=Nc2ccc(Cl)cc21. The predicted octanol–water partition coefficient (Wildman–Crippen LogP) is 5.15. The fraction of sp³-hybridized carbons (Fsp3) is 0.133. The van der Waals surface area contributed by atoms with Gasteiger partial charge in [0.2, 0.25) is 0 Å². The highest BCUT2D eigenvalue weighted by molar-refractivity contribution is 6.32. The number of halogens is 3. The molecule has 0 bridgehead atoms. The fourth-order valence-electron chi connectivity index (χ4n) is 2.43. The molecular formula is C15H10Cl2FN. The number of nitrogens with zero attached hydrogens (tertiary/aromatic N) is 1. The van der Waals surface area contributed by atoms with Gasteiger partial charge in [0, 0.05) is 16.3 Å². The van der Waals surface area contributed by atoms with Gasteiger partial charge >= 0.3 is 0 Å². The monoisotopic (exact) mass is 293 g/mol. The summed E-state index contributed by atoms with van der Waals surface area (Å²) in [5, 5.41) is 1.04. The molecule has 1 aliphatic rings. The Bertz CT molecular complexity index is 697. The van der Waals surface area contributed by atoms with Crippen LogP contribution in [0.15, 0.2) is 41.4 Å². The average molecular weight is 294 g/mol. The molecule has 1 nitrogen and oxygen atoms in total. The largest absolute Gasteiger partial charge is 0.260 e. The summed E-state index contributed by atoms with van der Waals surface area (Å²) >= 11 is 12.2. The van der Waals surface area contributed by atoms with E-state index in [9.17, 15) is 4.39 Å². The van der Waals surface area contributed by atoms with Crippen LogP contribution in [-0.2, 0) is 5.41 Å². The number of aliphatic imine (C=N–C) groups is 1. The van der Waals surface area contributed by atoms with Crippen molar-refractivity contribution >= 4 is 35.1 Å². The van der Waals surface area contributed by atoms with Gasteiger partial charge in [-0.3, -0.25) is 4.99 Å². The Hall–Kier alpha value is -1.38. The molecule has 96 valence electrons. The summed E-state index contributed by atoms with van der Waals surface area (Å²) in [7, 11) is 0. The third-order valence-corrected chi connectivity index (χ3v) is 4.02.